The molecule has 2 aromatic carbocycles. The summed E-state index contributed by atoms with van der Waals surface area (Å²) in [6.07, 6.45) is 1.61. The maximum atomic E-state index is 14.5. The molecular weight excluding hydrogens is 473 g/mol. The van der Waals surface area contributed by atoms with Crippen molar-refractivity contribution >= 4 is 28.1 Å². The number of nitrogens with zero attached hydrogens (tertiary/aromatic N) is 2. The summed E-state index contributed by atoms with van der Waals surface area (Å²) >= 11 is 2.05. The fourth-order valence-electron chi connectivity index (χ4n) is 3.21. The monoisotopic (exact) mass is 484 g/mol. The number of hydrogen-bond acceptors (Lipinski definition) is 2. The number of rotatable bonds is 2. The van der Waals surface area contributed by atoms with Crippen molar-refractivity contribution in [3.05, 3.63) is 97.9 Å². The number of benzene rings is 2. The smallest absolute Gasteiger partial charge is 0.190 e. The lowest BCUT2D eigenvalue weighted by Gasteiger charge is -2.14. The molecule has 0 saturated carbocycles. The fraction of sp³-hybridized carbons (Fsp3) is 0. The Labute approximate surface area is 172 Å². The zero-order valence-electron chi connectivity index (χ0n) is 14.3. The van der Waals surface area contributed by atoms with Crippen molar-refractivity contribution in [3.8, 4) is 28.5 Å². The van der Waals surface area contributed by atoms with Crippen LogP contribution in [-0.2, 0) is 0 Å². The molecule has 28 heavy (non-hydrogen) atoms. The summed E-state index contributed by atoms with van der Waals surface area (Å²) in [5.41, 5.74) is 2.19. The zero-order chi connectivity index (χ0) is 19.8. The van der Waals surface area contributed by atoms with Crippen molar-refractivity contribution in [2.75, 3.05) is 0 Å². The third-order valence-corrected chi connectivity index (χ3v) is 5.37. The summed E-state index contributed by atoms with van der Waals surface area (Å²) < 4.78 is 30.5. The van der Waals surface area contributed by atoms with Gasteiger partial charge in [0.25, 0.3) is 0 Å². The van der Waals surface area contributed by atoms with Crippen LogP contribution < -0.4 is 5.43 Å². The summed E-state index contributed by atoms with van der Waals surface area (Å²) in [5, 5.41) is 9.14. The standard InChI is InChI=1S/C22H11F2IN2O/c23-14-5-6-15(18(25)11-14)19-2-1-3-20-22(21(28)8-9-27(19)20)16-10-13(12-26)4-7-17(16)24/h1-11H. The Kier molecular flexibility index (Phi) is 4.69. The van der Waals surface area contributed by atoms with Gasteiger partial charge in [-0.25, -0.2) is 8.78 Å². The van der Waals surface area contributed by atoms with Crippen molar-refractivity contribution in [1.29, 1.82) is 5.26 Å². The summed E-state index contributed by atoms with van der Waals surface area (Å²) in [4.78, 5) is 12.6. The van der Waals surface area contributed by atoms with Crippen LogP contribution in [0.5, 0.6) is 0 Å². The van der Waals surface area contributed by atoms with Gasteiger partial charge in [-0.05, 0) is 71.1 Å². The molecule has 0 aliphatic rings. The van der Waals surface area contributed by atoms with Gasteiger partial charge < -0.3 is 4.40 Å². The summed E-state index contributed by atoms with van der Waals surface area (Å²) in [6, 6.07) is 17.0. The van der Waals surface area contributed by atoms with Gasteiger partial charge in [0.05, 0.1) is 28.4 Å². The van der Waals surface area contributed by atoms with Crippen molar-refractivity contribution in [2.24, 2.45) is 0 Å². The van der Waals surface area contributed by atoms with E-state index < -0.39 is 5.82 Å². The second-order valence-corrected chi connectivity index (χ2v) is 7.31. The average Bonchev–Trinajstić information content (AvgIpc) is 2.68. The van der Waals surface area contributed by atoms with E-state index in [1.165, 1.54) is 36.4 Å². The van der Waals surface area contributed by atoms with Crippen LogP contribution in [0, 0.1) is 26.5 Å². The van der Waals surface area contributed by atoms with E-state index in [0.717, 1.165) is 11.3 Å². The molecule has 0 amide bonds. The van der Waals surface area contributed by atoms with Gasteiger partial charge in [-0.15, -0.1) is 0 Å². The van der Waals surface area contributed by atoms with Gasteiger partial charge in [-0.2, -0.15) is 5.26 Å². The SMILES string of the molecule is N#Cc1ccc(F)c(-c2c(=O)ccn3c(-c4ccc(F)cc4I)cccc23)c1. The minimum atomic E-state index is -0.578. The van der Waals surface area contributed by atoms with E-state index in [9.17, 15) is 13.6 Å². The van der Waals surface area contributed by atoms with Crippen LogP contribution in [0.3, 0.4) is 0 Å². The van der Waals surface area contributed by atoms with Gasteiger partial charge in [-0.3, -0.25) is 4.79 Å². The highest BCUT2D eigenvalue weighted by Crippen LogP contribution is 2.30. The molecule has 0 saturated heterocycles. The Bertz CT molecular complexity index is 1340. The molecule has 0 bridgehead atoms. The molecule has 0 aliphatic carbocycles. The number of hydrogen-bond donors (Lipinski definition) is 0. The fourth-order valence-corrected chi connectivity index (χ4v) is 3.96. The summed E-state index contributed by atoms with van der Waals surface area (Å²) in [6.45, 7) is 0. The average molecular weight is 484 g/mol. The van der Waals surface area contributed by atoms with Crippen molar-refractivity contribution in [3.63, 3.8) is 0 Å². The predicted octanol–water partition coefficient (Wildman–Crippen LogP) is 5.39. The number of nitriles is 1. The maximum Gasteiger partial charge on any atom is 0.190 e. The highest BCUT2D eigenvalue weighted by molar-refractivity contribution is 14.1. The first-order valence-corrected chi connectivity index (χ1v) is 9.37. The molecule has 0 N–H and O–H groups in total. The van der Waals surface area contributed by atoms with Gasteiger partial charge in [-0.1, -0.05) is 6.07 Å². The Hall–Kier alpha value is -3.05. The van der Waals surface area contributed by atoms with Crippen LogP contribution in [-0.4, -0.2) is 4.40 Å². The minimum absolute atomic E-state index is 0.0769. The number of fused-ring (bicyclic) bond motifs is 1. The first kappa shape index (κ1) is 18.3. The Morgan fingerprint density at radius 2 is 1.79 bits per heavy atom. The molecular formula is C22H11F2IN2O. The van der Waals surface area contributed by atoms with Crippen LogP contribution in [0.1, 0.15) is 5.56 Å². The second-order valence-electron chi connectivity index (χ2n) is 6.15. The molecule has 0 fully saturated rings. The van der Waals surface area contributed by atoms with E-state index in [1.54, 1.807) is 28.8 Å². The van der Waals surface area contributed by atoms with Gasteiger partial charge >= 0.3 is 0 Å². The molecule has 0 atom stereocenters. The minimum Gasteiger partial charge on any atom is -0.316 e. The van der Waals surface area contributed by atoms with E-state index in [4.69, 9.17) is 5.26 Å². The van der Waals surface area contributed by atoms with E-state index in [2.05, 4.69) is 22.6 Å². The van der Waals surface area contributed by atoms with E-state index >= 15 is 0 Å². The highest BCUT2D eigenvalue weighted by atomic mass is 127. The van der Waals surface area contributed by atoms with Crippen LogP contribution in [0.15, 0.2) is 71.7 Å². The largest absolute Gasteiger partial charge is 0.316 e. The highest BCUT2D eigenvalue weighted by Gasteiger charge is 2.16. The first-order valence-electron chi connectivity index (χ1n) is 8.29. The van der Waals surface area contributed by atoms with E-state index in [0.29, 0.717) is 9.09 Å². The predicted molar refractivity (Wildman–Crippen MR) is 112 cm³/mol. The lowest BCUT2D eigenvalue weighted by molar-refractivity contribution is 0.627. The summed E-state index contributed by atoms with van der Waals surface area (Å²) in [5.74, 6) is -0.915. The van der Waals surface area contributed by atoms with E-state index in [-0.39, 0.29) is 27.9 Å². The number of pyridine rings is 2. The van der Waals surface area contributed by atoms with Gasteiger partial charge in [0.1, 0.15) is 11.6 Å². The molecule has 0 radical (unpaired) electrons. The van der Waals surface area contributed by atoms with Crippen molar-refractivity contribution in [2.45, 2.75) is 0 Å². The maximum absolute atomic E-state index is 14.5. The summed E-state index contributed by atoms with van der Waals surface area (Å²) in [7, 11) is 0. The van der Waals surface area contributed by atoms with Gasteiger partial charge in [0.2, 0.25) is 0 Å². The molecule has 2 aromatic heterocycles. The molecule has 4 rings (SSSR count). The molecule has 0 aliphatic heterocycles. The Morgan fingerprint density at radius 1 is 0.964 bits per heavy atom. The third-order valence-electron chi connectivity index (χ3n) is 4.48. The van der Waals surface area contributed by atoms with E-state index in [1.807, 2.05) is 12.1 Å². The molecule has 4 aromatic rings. The number of halogens is 3. The quantitative estimate of drug-likeness (QED) is 0.359. The molecule has 0 unspecified atom stereocenters. The third kappa shape index (κ3) is 3.08. The second kappa shape index (κ2) is 7.17. The Morgan fingerprint density at radius 3 is 2.54 bits per heavy atom. The molecule has 0 spiro atoms. The number of aromatic nitrogens is 1. The van der Waals surface area contributed by atoms with Crippen molar-refractivity contribution in [1.82, 2.24) is 4.40 Å². The molecule has 3 nitrogen and oxygen atoms in total. The Balaban J connectivity index is 2.07. The lowest BCUT2D eigenvalue weighted by atomic mass is 10.0. The molecule has 6 heteroatoms. The topological polar surface area (TPSA) is 45.3 Å². The van der Waals surface area contributed by atoms with Gasteiger partial charge in [0.15, 0.2) is 5.43 Å². The molecule has 136 valence electrons. The van der Waals surface area contributed by atoms with Crippen LogP contribution in [0.4, 0.5) is 8.78 Å². The van der Waals surface area contributed by atoms with Crippen LogP contribution >= 0.6 is 22.6 Å². The first-order chi connectivity index (χ1) is 13.5. The van der Waals surface area contributed by atoms with Crippen molar-refractivity contribution < 1.29 is 8.78 Å². The zero-order valence-corrected chi connectivity index (χ0v) is 16.4. The van der Waals surface area contributed by atoms with Crippen LogP contribution in [0.25, 0.3) is 27.9 Å². The molecule has 2 heterocycles. The van der Waals surface area contributed by atoms with Gasteiger partial charge in [0, 0.05) is 27.0 Å². The lowest BCUT2D eigenvalue weighted by Crippen LogP contribution is -2.09. The normalized spacial score (nSPS) is 10.8. The van der Waals surface area contributed by atoms with Crippen LogP contribution in [0.2, 0.25) is 0 Å².